The maximum Gasteiger partial charge on any atom is 0.140 e. The first-order valence-electron chi connectivity index (χ1n) is 5.70. The van der Waals surface area contributed by atoms with Crippen LogP contribution in [0.25, 0.3) is 0 Å². The van der Waals surface area contributed by atoms with Crippen molar-refractivity contribution < 1.29 is 0 Å². The van der Waals surface area contributed by atoms with Gasteiger partial charge in [0.05, 0.1) is 22.7 Å². The van der Waals surface area contributed by atoms with Crippen molar-refractivity contribution in [2.75, 3.05) is 11.1 Å². The van der Waals surface area contributed by atoms with E-state index in [0.29, 0.717) is 5.69 Å². The van der Waals surface area contributed by atoms with Crippen molar-refractivity contribution in [3.8, 4) is 0 Å². The molecule has 0 aliphatic heterocycles. The number of rotatable bonds is 4. The second-order valence-corrected chi connectivity index (χ2v) is 5.10. The number of nitrogens with two attached hydrogens (primary N) is 1. The largest absolute Gasteiger partial charge is 0.397 e. The zero-order chi connectivity index (χ0) is 13.1. The van der Waals surface area contributed by atoms with E-state index in [2.05, 4.69) is 38.1 Å². The lowest BCUT2D eigenvalue weighted by molar-refractivity contribution is 0.616. The molecule has 18 heavy (non-hydrogen) atoms. The summed E-state index contributed by atoms with van der Waals surface area (Å²) in [6.45, 7) is 4.89. The van der Waals surface area contributed by atoms with Gasteiger partial charge in [-0.2, -0.15) is 0 Å². The molecule has 0 radical (unpaired) electrons. The summed E-state index contributed by atoms with van der Waals surface area (Å²) in [5, 5.41) is 3.35. The quantitative estimate of drug-likeness (QED) is 0.910. The number of hydrogen-bond donors (Lipinski definition) is 2. The van der Waals surface area contributed by atoms with Crippen LogP contribution in [0.15, 0.2) is 29.4 Å². The number of nitrogens with one attached hydrogen (secondary N) is 1. The van der Waals surface area contributed by atoms with Crippen LogP contribution in [0.2, 0.25) is 0 Å². The highest BCUT2D eigenvalue weighted by atomic mass is 79.9. The maximum atomic E-state index is 5.80. The highest BCUT2D eigenvalue weighted by Crippen LogP contribution is 2.28. The van der Waals surface area contributed by atoms with Crippen molar-refractivity contribution >= 4 is 27.4 Å². The van der Waals surface area contributed by atoms with E-state index < -0.39 is 0 Å². The Bertz CT molecular complexity index is 524. The Labute approximate surface area is 115 Å². The second-order valence-electron chi connectivity index (χ2n) is 4.31. The fourth-order valence-electron chi connectivity index (χ4n) is 1.68. The summed E-state index contributed by atoms with van der Waals surface area (Å²) >= 11 is 3.51. The van der Waals surface area contributed by atoms with E-state index in [1.54, 1.807) is 18.7 Å². The number of imidazole rings is 1. The van der Waals surface area contributed by atoms with Gasteiger partial charge < -0.3 is 15.6 Å². The minimum Gasteiger partial charge on any atom is -0.397 e. The fourth-order valence-corrected chi connectivity index (χ4v) is 2.13. The molecule has 2 aromatic rings. The Morgan fingerprint density at radius 3 is 3.00 bits per heavy atom. The second kappa shape index (κ2) is 5.39. The summed E-state index contributed by atoms with van der Waals surface area (Å²) in [5.41, 5.74) is 7.49. The van der Waals surface area contributed by atoms with Crippen molar-refractivity contribution in [1.29, 1.82) is 0 Å². The molecule has 0 spiro atoms. The van der Waals surface area contributed by atoms with Gasteiger partial charge in [-0.05, 0) is 35.3 Å². The molecule has 3 N–H and O–H groups in total. The molecule has 96 valence electrons. The zero-order valence-corrected chi connectivity index (χ0v) is 12.0. The van der Waals surface area contributed by atoms with Gasteiger partial charge in [0, 0.05) is 25.0 Å². The number of pyridine rings is 1. The van der Waals surface area contributed by atoms with Crippen LogP contribution in [0.4, 0.5) is 11.5 Å². The van der Waals surface area contributed by atoms with Crippen molar-refractivity contribution in [3.63, 3.8) is 0 Å². The van der Waals surface area contributed by atoms with Gasteiger partial charge in [-0.25, -0.2) is 9.97 Å². The van der Waals surface area contributed by atoms with Crippen LogP contribution in [-0.2, 0) is 6.54 Å². The molecule has 0 aromatic carbocycles. The number of nitrogens with zero attached hydrogens (tertiary/aromatic N) is 3. The lowest BCUT2D eigenvalue weighted by atomic mass is 10.2. The van der Waals surface area contributed by atoms with Gasteiger partial charge in [0.25, 0.3) is 0 Å². The van der Waals surface area contributed by atoms with E-state index in [1.165, 1.54) is 0 Å². The lowest BCUT2D eigenvalue weighted by Crippen LogP contribution is -2.22. The highest BCUT2D eigenvalue weighted by molar-refractivity contribution is 9.10. The summed E-state index contributed by atoms with van der Waals surface area (Å²) in [4.78, 5) is 8.32. The molecule has 1 atom stereocenters. The molecule has 0 aliphatic carbocycles. The third-order valence-corrected chi connectivity index (χ3v) is 3.70. The number of halogens is 1. The Morgan fingerprint density at radius 2 is 2.33 bits per heavy atom. The molecule has 2 heterocycles. The van der Waals surface area contributed by atoms with Gasteiger partial charge in [-0.1, -0.05) is 0 Å². The highest BCUT2D eigenvalue weighted by Gasteiger charge is 2.10. The van der Waals surface area contributed by atoms with E-state index in [-0.39, 0.29) is 6.04 Å². The first-order chi connectivity index (χ1) is 8.58. The summed E-state index contributed by atoms with van der Waals surface area (Å²) in [6, 6.07) is 0.242. The maximum absolute atomic E-state index is 5.80. The molecular weight excluding hydrogens is 294 g/mol. The molecule has 2 rings (SSSR count). The number of nitrogen functional groups attached to an aromatic ring is 1. The smallest absolute Gasteiger partial charge is 0.140 e. The average Bonchev–Trinajstić information content (AvgIpc) is 2.83. The van der Waals surface area contributed by atoms with Crippen LogP contribution in [0.1, 0.15) is 12.5 Å². The van der Waals surface area contributed by atoms with E-state index in [1.807, 2.05) is 17.7 Å². The molecular formula is C12H16BrN5. The summed E-state index contributed by atoms with van der Waals surface area (Å²) in [6.07, 6.45) is 7.18. The van der Waals surface area contributed by atoms with Crippen molar-refractivity contribution in [2.24, 2.45) is 0 Å². The fraction of sp³-hybridized carbons (Fsp3) is 0.333. The molecule has 0 saturated carbocycles. The van der Waals surface area contributed by atoms with Gasteiger partial charge in [-0.15, -0.1) is 0 Å². The summed E-state index contributed by atoms with van der Waals surface area (Å²) in [7, 11) is 0. The van der Waals surface area contributed by atoms with Gasteiger partial charge in [0.2, 0.25) is 0 Å². The molecule has 0 amide bonds. The molecule has 6 heteroatoms. The van der Waals surface area contributed by atoms with Gasteiger partial charge in [0.15, 0.2) is 0 Å². The number of hydrogen-bond acceptors (Lipinski definition) is 4. The van der Waals surface area contributed by atoms with Crippen LogP contribution in [0, 0.1) is 6.92 Å². The van der Waals surface area contributed by atoms with Gasteiger partial charge in [-0.3, -0.25) is 0 Å². The molecule has 0 saturated heterocycles. The Kier molecular flexibility index (Phi) is 3.86. The van der Waals surface area contributed by atoms with Crippen LogP contribution in [0.5, 0.6) is 0 Å². The monoisotopic (exact) mass is 309 g/mol. The number of anilines is 2. The molecule has 1 unspecified atom stereocenters. The molecule has 2 aromatic heterocycles. The minimum atomic E-state index is 0.242. The third-order valence-electron chi connectivity index (χ3n) is 2.73. The predicted molar refractivity (Wildman–Crippen MR) is 76.4 cm³/mol. The first-order valence-corrected chi connectivity index (χ1v) is 6.50. The third kappa shape index (κ3) is 2.81. The standard InChI is InChI=1S/C12H16BrN5/c1-8(6-18-4-3-15-7-18)17-12-11(13)9(2)10(14)5-16-12/h3-5,7-8H,6,14H2,1-2H3,(H,16,17). The molecule has 0 fully saturated rings. The molecule has 0 aliphatic rings. The normalized spacial score (nSPS) is 12.4. The van der Waals surface area contributed by atoms with Gasteiger partial charge >= 0.3 is 0 Å². The van der Waals surface area contributed by atoms with E-state index in [0.717, 1.165) is 22.4 Å². The first kappa shape index (κ1) is 12.9. The van der Waals surface area contributed by atoms with Crippen molar-refractivity contribution in [1.82, 2.24) is 14.5 Å². The van der Waals surface area contributed by atoms with Crippen LogP contribution in [0.3, 0.4) is 0 Å². The number of aromatic nitrogens is 3. The van der Waals surface area contributed by atoms with E-state index in [4.69, 9.17) is 5.73 Å². The van der Waals surface area contributed by atoms with E-state index in [9.17, 15) is 0 Å². The topological polar surface area (TPSA) is 68.8 Å². The molecule has 0 bridgehead atoms. The SMILES string of the molecule is Cc1c(N)cnc(NC(C)Cn2ccnc2)c1Br. The van der Waals surface area contributed by atoms with Crippen molar-refractivity contribution in [3.05, 3.63) is 35.0 Å². The van der Waals surface area contributed by atoms with Crippen molar-refractivity contribution in [2.45, 2.75) is 26.4 Å². The lowest BCUT2D eigenvalue weighted by Gasteiger charge is -2.17. The van der Waals surface area contributed by atoms with Crippen LogP contribution in [-0.4, -0.2) is 20.6 Å². The average molecular weight is 310 g/mol. The van der Waals surface area contributed by atoms with E-state index >= 15 is 0 Å². The van der Waals surface area contributed by atoms with Crippen LogP contribution < -0.4 is 11.1 Å². The Hall–Kier alpha value is -1.56. The Balaban J connectivity index is 2.07. The minimum absolute atomic E-state index is 0.242. The predicted octanol–water partition coefficient (Wildman–Crippen LogP) is 2.43. The summed E-state index contributed by atoms with van der Waals surface area (Å²) < 4.78 is 2.94. The summed E-state index contributed by atoms with van der Waals surface area (Å²) in [5.74, 6) is 0.814. The van der Waals surface area contributed by atoms with Gasteiger partial charge in [0.1, 0.15) is 5.82 Å². The molecule has 5 nitrogen and oxygen atoms in total. The zero-order valence-electron chi connectivity index (χ0n) is 10.4. The van der Waals surface area contributed by atoms with Crippen LogP contribution >= 0.6 is 15.9 Å². The Morgan fingerprint density at radius 1 is 1.56 bits per heavy atom.